The average Bonchev–Trinajstić information content (AvgIpc) is 2.97. The van der Waals surface area contributed by atoms with Crippen LogP contribution in [0.1, 0.15) is 29.2 Å². The lowest BCUT2D eigenvalue weighted by Crippen LogP contribution is -2.56. The standard InChI is InChI=1S/C29H33N3O5S/c30-25(23-12-6-2-7-13-23)21-29(38(35)36,24-14-8-3-9-15-24)27(33)26(20-22-10-4-1-5-11-22)31-28(34)32-16-18-37-19-17-32/h1-15,25-26,38H,16-21,30H2,(H,31,34)/t25?,26-,29?/m0/s1. The van der Waals surface area contributed by atoms with Crippen LogP contribution < -0.4 is 11.1 Å². The molecule has 1 fully saturated rings. The van der Waals surface area contributed by atoms with Crippen LogP contribution in [0.25, 0.3) is 0 Å². The summed E-state index contributed by atoms with van der Waals surface area (Å²) >= 11 is 0. The molecular weight excluding hydrogens is 502 g/mol. The van der Waals surface area contributed by atoms with E-state index in [1.807, 2.05) is 60.7 Å². The molecule has 8 nitrogen and oxygen atoms in total. The maximum Gasteiger partial charge on any atom is 0.318 e. The second-order valence-electron chi connectivity index (χ2n) is 9.36. The van der Waals surface area contributed by atoms with Gasteiger partial charge in [-0.3, -0.25) is 4.79 Å². The van der Waals surface area contributed by atoms with Crippen LogP contribution in [0.4, 0.5) is 4.79 Å². The highest BCUT2D eigenvalue weighted by Gasteiger charge is 2.48. The summed E-state index contributed by atoms with van der Waals surface area (Å²) in [6.45, 7) is 1.57. The lowest BCUT2D eigenvalue weighted by molar-refractivity contribution is -0.124. The van der Waals surface area contributed by atoms with Crippen molar-refractivity contribution >= 4 is 22.5 Å². The second kappa shape index (κ2) is 12.8. The van der Waals surface area contributed by atoms with Crippen LogP contribution in [0.2, 0.25) is 0 Å². The van der Waals surface area contributed by atoms with E-state index in [-0.39, 0.29) is 12.8 Å². The van der Waals surface area contributed by atoms with Gasteiger partial charge in [0.05, 0.1) is 19.3 Å². The maximum atomic E-state index is 14.5. The van der Waals surface area contributed by atoms with Gasteiger partial charge >= 0.3 is 6.03 Å². The number of amides is 2. The van der Waals surface area contributed by atoms with E-state index in [4.69, 9.17) is 10.5 Å². The molecule has 3 aromatic rings. The lowest BCUT2D eigenvalue weighted by Gasteiger charge is -2.35. The summed E-state index contributed by atoms with van der Waals surface area (Å²) in [5.74, 6) is -0.614. The number of rotatable bonds is 10. The summed E-state index contributed by atoms with van der Waals surface area (Å²) in [6.07, 6.45) is -0.0363. The first-order valence-electron chi connectivity index (χ1n) is 12.6. The van der Waals surface area contributed by atoms with Crippen molar-refractivity contribution in [2.24, 2.45) is 5.73 Å². The summed E-state index contributed by atoms with van der Waals surface area (Å²) in [5.41, 5.74) is 8.37. The second-order valence-corrected chi connectivity index (χ2v) is 10.6. The molecule has 2 unspecified atom stereocenters. The highest BCUT2D eigenvalue weighted by Crippen LogP contribution is 2.37. The number of thiol groups is 1. The SMILES string of the molecule is NC(CC(C(=O)[C@H](Cc1ccccc1)NC(=O)N1CCOCC1)(c1ccccc1)[SH](=O)=O)c1ccccc1. The van der Waals surface area contributed by atoms with E-state index in [9.17, 15) is 18.0 Å². The van der Waals surface area contributed by atoms with Gasteiger partial charge < -0.3 is 20.7 Å². The van der Waals surface area contributed by atoms with Crippen molar-refractivity contribution in [2.45, 2.75) is 29.7 Å². The fourth-order valence-corrected chi connectivity index (χ4v) is 5.88. The molecule has 0 aliphatic carbocycles. The largest absolute Gasteiger partial charge is 0.378 e. The van der Waals surface area contributed by atoms with Gasteiger partial charge in [-0.1, -0.05) is 91.0 Å². The van der Waals surface area contributed by atoms with Gasteiger partial charge in [-0.25, -0.2) is 13.2 Å². The molecule has 200 valence electrons. The van der Waals surface area contributed by atoms with Crippen molar-refractivity contribution in [1.82, 2.24) is 10.2 Å². The Morgan fingerprint density at radius 1 is 0.895 bits per heavy atom. The Morgan fingerprint density at radius 3 is 2.03 bits per heavy atom. The molecule has 4 rings (SSSR count). The predicted molar refractivity (Wildman–Crippen MR) is 146 cm³/mol. The Labute approximate surface area is 224 Å². The van der Waals surface area contributed by atoms with Crippen LogP contribution in [0, 0.1) is 0 Å². The van der Waals surface area contributed by atoms with Crippen molar-refractivity contribution in [1.29, 1.82) is 0 Å². The zero-order chi connectivity index (χ0) is 27.0. The van der Waals surface area contributed by atoms with Crippen LogP contribution in [0.3, 0.4) is 0 Å². The lowest BCUT2D eigenvalue weighted by atomic mass is 9.81. The summed E-state index contributed by atoms with van der Waals surface area (Å²) in [4.78, 5) is 29.3. The summed E-state index contributed by atoms with van der Waals surface area (Å²) < 4.78 is 29.8. The number of urea groups is 1. The first-order valence-corrected chi connectivity index (χ1v) is 13.8. The van der Waals surface area contributed by atoms with Crippen molar-refractivity contribution in [2.75, 3.05) is 26.3 Å². The van der Waals surface area contributed by atoms with Gasteiger partial charge in [0.15, 0.2) is 21.2 Å². The third-order valence-corrected chi connectivity index (χ3v) is 8.19. The first-order chi connectivity index (χ1) is 18.4. The first kappa shape index (κ1) is 27.5. The number of nitrogens with two attached hydrogens (primary N) is 1. The number of carbonyl (C=O) groups is 2. The molecular formula is C29H33N3O5S. The van der Waals surface area contributed by atoms with Crippen LogP contribution in [0.15, 0.2) is 91.0 Å². The minimum Gasteiger partial charge on any atom is -0.378 e. The number of ketones is 1. The summed E-state index contributed by atoms with van der Waals surface area (Å²) in [7, 11) is -3.35. The molecule has 1 aliphatic heterocycles. The number of Topliss-reactive ketones (excluding diaryl/α,β-unsaturated/α-hetero) is 1. The van der Waals surface area contributed by atoms with Gasteiger partial charge in [-0.05, 0) is 29.5 Å². The summed E-state index contributed by atoms with van der Waals surface area (Å²) in [6, 6.07) is 24.5. The third-order valence-electron chi connectivity index (χ3n) is 6.91. The van der Waals surface area contributed by atoms with E-state index >= 15 is 0 Å². The van der Waals surface area contributed by atoms with Gasteiger partial charge in [-0.2, -0.15) is 0 Å². The number of ether oxygens (including phenoxy) is 1. The topological polar surface area (TPSA) is 119 Å². The van der Waals surface area contributed by atoms with E-state index in [0.717, 1.165) is 11.1 Å². The molecule has 2 amide bonds. The number of morpholine rings is 1. The number of hydrogen-bond acceptors (Lipinski definition) is 6. The normalized spacial score (nSPS) is 16.8. The highest BCUT2D eigenvalue weighted by atomic mass is 32.2. The average molecular weight is 536 g/mol. The maximum absolute atomic E-state index is 14.5. The number of carbonyl (C=O) groups excluding carboxylic acids is 2. The Bertz CT molecular complexity index is 1270. The van der Waals surface area contributed by atoms with E-state index in [0.29, 0.717) is 31.9 Å². The minimum absolute atomic E-state index is 0.133. The predicted octanol–water partition coefficient (Wildman–Crippen LogP) is 2.81. The van der Waals surface area contributed by atoms with E-state index in [2.05, 4.69) is 5.32 Å². The van der Waals surface area contributed by atoms with Crippen LogP contribution in [-0.2, 0) is 31.4 Å². The molecule has 0 radical (unpaired) electrons. The molecule has 3 atom stereocenters. The Kier molecular flexibility index (Phi) is 9.28. The molecule has 38 heavy (non-hydrogen) atoms. The monoisotopic (exact) mass is 535 g/mol. The molecule has 0 bridgehead atoms. The number of nitrogens with zero attached hydrogens (tertiary/aromatic N) is 1. The molecule has 0 aromatic heterocycles. The van der Waals surface area contributed by atoms with Gasteiger partial charge in [0.1, 0.15) is 0 Å². The van der Waals surface area contributed by atoms with Crippen molar-refractivity contribution in [3.05, 3.63) is 108 Å². The smallest absolute Gasteiger partial charge is 0.318 e. The van der Waals surface area contributed by atoms with Gasteiger partial charge in [-0.15, -0.1) is 0 Å². The van der Waals surface area contributed by atoms with Gasteiger partial charge in [0.2, 0.25) is 0 Å². The number of hydrogen-bond donors (Lipinski definition) is 3. The fraction of sp³-hybridized carbons (Fsp3) is 0.310. The van der Waals surface area contributed by atoms with Crippen LogP contribution in [-0.4, -0.2) is 57.5 Å². The third kappa shape index (κ3) is 6.30. The van der Waals surface area contributed by atoms with E-state index < -0.39 is 39.3 Å². The van der Waals surface area contributed by atoms with Crippen molar-refractivity contribution in [3.8, 4) is 0 Å². The van der Waals surface area contributed by atoms with E-state index in [1.54, 1.807) is 35.2 Å². The Hall–Kier alpha value is -3.53. The van der Waals surface area contributed by atoms with Crippen LogP contribution in [0.5, 0.6) is 0 Å². The van der Waals surface area contributed by atoms with Gasteiger partial charge in [0, 0.05) is 19.1 Å². The number of benzene rings is 3. The Morgan fingerprint density at radius 2 is 1.45 bits per heavy atom. The minimum atomic E-state index is -3.35. The molecule has 3 N–H and O–H groups in total. The van der Waals surface area contributed by atoms with Crippen molar-refractivity contribution in [3.63, 3.8) is 0 Å². The van der Waals surface area contributed by atoms with Crippen molar-refractivity contribution < 1.29 is 22.7 Å². The van der Waals surface area contributed by atoms with Crippen LogP contribution >= 0.6 is 0 Å². The molecule has 3 aromatic carbocycles. The summed E-state index contributed by atoms with van der Waals surface area (Å²) in [5, 5.41) is 2.85. The molecule has 0 spiro atoms. The molecule has 0 saturated carbocycles. The highest BCUT2D eigenvalue weighted by molar-refractivity contribution is 7.74. The Balaban J connectivity index is 1.76. The molecule has 9 heteroatoms. The molecule has 1 heterocycles. The quantitative estimate of drug-likeness (QED) is 0.344. The fourth-order valence-electron chi connectivity index (χ4n) is 4.83. The molecule has 1 saturated heterocycles. The zero-order valence-electron chi connectivity index (χ0n) is 21.1. The van der Waals surface area contributed by atoms with Gasteiger partial charge in [0.25, 0.3) is 0 Å². The van der Waals surface area contributed by atoms with E-state index in [1.165, 1.54) is 0 Å². The number of nitrogens with one attached hydrogen (secondary N) is 1. The molecule has 1 aliphatic rings. The zero-order valence-corrected chi connectivity index (χ0v) is 22.0.